The number of aromatic nitrogens is 2. The van der Waals surface area contributed by atoms with Gasteiger partial charge in [-0.15, -0.1) is 0 Å². The van der Waals surface area contributed by atoms with Gasteiger partial charge in [-0.3, -0.25) is 0 Å². The Labute approximate surface area is 131 Å². The van der Waals surface area contributed by atoms with Crippen LogP contribution < -0.4 is 5.73 Å². The minimum atomic E-state index is -4.35. The highest BCUT2D eigenvalue weighted by molar-refractivity contribution is 5.83. The van der Waals surface area contributed by atoms with Crippen molar-refractivity contribution in [1.82, 2.24) is 9.55 Å². The Morgan fingerprint density at radius 3 is 2.57 bits per heavy atom. The van der Waals surface area contributed by atoms with E-state index in [1.165, 1.54) is 12.4 Å². The standard InChI is InChI=1S/C17H16F3N3/c1-23-10-14(13-8-12(21)9-22-16(13)23)15(17(18,19)20)7-11-5-3-2-4-6-11/h2-6,8-10,15H,7,21H2,1H3. The molecule has 0 amide bonds. The minimum Gasteiger partial charge on any atom is -0.397 e. The van der Waals surface area contributed by atoms with Crippen molar-refractivity contribution in [2.45, 2.75) is 18.5 Å². The minimum absolute atomic E-state index is 0.113. The van der Waals surface area contributed by atoms with Crippen molar-refractivity contribution in [1.29, 1.82) is 0 Å². The van der Waals surface area contributed by atoms with E-state index in [9.17, 15) is 13.2 Å². The van der Waals surface area contributed by atoms with Crippen LogP contribution >= 0.6 is 0 Å². The first-order valence-electron chi connectivity index (χ1n) is 7.17. The molecule has 2 heterocycles. The fourth-order valence-corrected chi connectivity index (χ4v) is 2.84. The second-order valence-electron chi connectivity index (χ2n) is 5.62. The summed E-state index contributed by atoms with van der Waals surface area (Å²) in [6, 6.07) is 10.2. The van der Waals surface area contributed by atoms with Gasteiger partial charge in [0.2, 0.25) is 0 Å². The summed E-state index contributed by atoms with van der Waals surface area (Å²) in [7, 11) is 1.69. The number of hydrogen-bond acceptors (Lipinski definition) is 2. The van der Waals surface area contributed by atoms with Gasteiger partial charge in [0, 0.05) is 18.6 Å². The molecule has 2 N–H and O–H groups in total. The van der Waals surface area contributed by atoms with Crippen LogP contribution in [0.4, 0.5) is 18.9 Å². The van der Waals surface area contributed by atoms with Crippen LogP contribution in [0.1, 0.15) is 17.0 Å². The van der Waals surface area contributed by atoms with Gasteiger partial charge in [-0.25, -0.2) is 4.98 Å². The fourth-order valence-electron chi connectivity index (χ4n) is 2.84. The molecular formula is C17H16F3N3. The van der Waals surface area contributed by atoms with Crippen LogP contribution in [0.15, 0.2) is 48.8 Å². The lowest BCUT2D eigenvalue weighted by atomic mass is 9.91. The number of nitrogen functional groups attached to an aromatic ring is 1. The monoisotopic (exact) mass is 319 g/mol. The van der Waals surface area contributed by atoms with Gasteiger partial charge in [-0.05, 0) is 23.6 Å². The lowest BCUT2D eigenvalue weighted by molar-refractivity contribution is -0.150. The number of anilines is 1. The quantitative estimate of drug-likeness (QED) is 0.791. The summed E-state index contributed by atoms with van der Waals surface area (Å²) >= 11 is 0. The van der Waals surface area contributed by atoms with Crippen molar-refractivity contribution in [2.24, 2.45) is 7.05 Å². The van der Waals surface area contributed by atoms with E-state index in [0.717, 1.165) is 0 Å². The molecule has 0 radical (unpaired) electrons. The highest BCUT2D eigenvalue weighted by Gasteiger charge is 2.42. The van der Waals surface area contributed by atoms with Crippen LogP contribution in [0.2, 0.25) is 0 Å². The zero-order valence-electron chi connectivity index (χ0n) is 12.5. The van der Waals surface area contributed by atoms with Crippen molar-refractivity contribution < 1.29 is 13.2 Å². The maximum Gasteiger partial charge on any atom is 0.396 e. The Bertz CT molecular complexity index is 822. The molecule has 6 heteroatoms. The van der Waals surface area contributed by atoms with Crippen molar-refractivity contribution in [3.8, 4) is 0 Å². The van der Waals surface area contributed by atoms with Crippen LogP contribution in [0.5, 0.6) is 0 Å². The fraction of sp³-hybridized carbons (Fsp3) is 0.235. The van der Waals surface area contributed by atoms with Gasteiger partial charge >= 0.3 is 6.18 Å². The van der Waals surface area contributed by atoms with E-state index in [1.807, 2.05) is 0 Å². The van der Waals surface area contributed by atoms with Gasteiger partial charge < -0.3 is 10.3 Å². The lowest BCUT2D eigenvalue weighted by Crippen LogP contribution is -2.23. The highest BCUT2D eigenvalue weighted by Crippen LogP contribution is 2.41. The molecule has 0 spiro atoms. The summed E-state index contributed by atoms with van der Waals surface area (Å²) in [5.41, 5.74) is 7.41. The van der Waals surface area contributed by atoms with E-state index >= 15 is 0 Å². The van der Waals surface area contributed by atoms with Gasteiger partial charge in [-0.1, -0.05) is 30.3 Å². The molecule has 3 nitrogen and oxygen atoms in total. The third kappa shape index (κ3) is 3.02. The zero-order chi connectivity index (χ0) is 16.6. The number of pyridine rings is 1. The molecule has 1 atom stereocenters. The summed E-state index contributed by atoms with van der Waals surface area (Å²) in [6.45, 7) is 0. The van der Waals surface area contributed by atoms with Crippen LogP contribution in [0.25, 0.3) is 11.0 Å². The van der Waals surface area contributed by atoms with Crippen LogP contribution in [-0.2, 0) is 13.5 Å². The maximum atomic E-state index is 13.7. The van der Waals surface area contributed by atoms with E-state index in [2.05, 4.69) is 4.98 Å². The Balaban J connectivity index is 2.12. The molecule has 0 saturated carbocycles. The average molecular weight is 319 g/mol. The second-order valence-corrected chi connectivity index (χ2v) is 5.62. The summed E-state index contributed by atoms with van der Waals surface area (Å²) in [5.74, 6) is -1.60. The van der Waals surface area contributed by atoms with Crippen LogP contribution in [0, 0.1) is 0 Å². The Hall–Kier alpha value is -2.50. The van der Waals surface area contributed by atoms with Crippen LogP contribution in [-0.4, -0.2) is 15.7 Å². The molecule has 0 bridgehead atoms. The van der Waals surface area contributed by atoms with Gasteiger partial charge in [0.15, 0.2) is 0 Å². The molecule has 0 saturated heterocycles. The number of rotatable bonds is 3. The number of nitrogens with zero attached hydrogens (tertiary/aromatic N) is 2. The summed E-state index contributed by atoms with van der Waals surface area (Å²) in [6.07, 6.45) is -1.52. The molecule has 0 aliphatic heterocycles. The second kappa shape index (κ2) is 5.61. The zero-order valence-corrected chi connectivity index (χ0v) is 12.5. The smallest absolute Gasteiger partial charge is 0.396 e. The van der Waals surface area contributed by atoms with E-state index in [4.69, 9.17) is 5.73 Å². The third-order valence-electron chi connectivity index (χ3n) is 3.92. The number of fused-ring (bicyclic) bond motifs is 1. The van der Waals surface area contributed by atoms with Gasteiger partial charge in [0.05, 0.1) is 17.8 Å². The first kappa shape index (κ1) is 15.4. The molecule has 3 aromatic rings. The first-order valence-corrected chi connectivity index (χ1v) is 7.17. The lowest BCUT2D eigenvalue weighted by Gasteiger charge is -2.20. The molecule has 0 aliphatic rings. The van der Waals surface area contributed by atoms with E-state index in [-0.39, 0.29) is 12.0 Å². The Kier molecular flexibility index (Phi) is 3.75. The summed E-state index contributed by atoms with van der Waals surface area (Å²) in [5, 5.41) is 0.450. The number of benzene rings is 1. The van der Waals surface area contributed by atoms with Crippen molar-refractivity contribution in [3.05, 3.63) is 59.9 Å². The molecule has 0 fully saturated rings. The van der Waals surface area contributed by atoms with Gasteiger partial charge in [-0.2, -0.15) is 13.2 Å². The van der Waals surface area contributed by atoms with Crippen molar-refractivity contribution >= 4 is 16.7 Å². The number of halogens is 3. The number of alkyl halides is 3. The molecular weight excluding hydrogens is 303 g/mol. The molecule has 23 heavy (non-hydrogen) atoms. The predicted molar refractivity (Wildman–Crippen MR) is 84.1 cm³/mol. The largest absolute Gasteiger partial charge is 0.397 e. The maximum absolute atomic E-state index is 13.7. The topological polar surface area (TPSA) is 43.8 Å². The predicted octanol–water partition coefficient (Wildman–Crippen LogP) is 4.04. The number of hydrogen-bond donors (Lipinski definition) is 1. The summed E-state index contributed by atoms with van der Waals surface area (Å²) in [4.78, 5) is 4.14. The van der Waals surface area contributed by atoms with Gasteiger partial charge in [0.1, 0.15) is 5.65 Å². The molecule has 3 rings (SSSR count). The van der Waals surface area contributed by atoms with Crippen molar-refractivity contribution in [2.75, 3.05) is 5.73 Å². The number of nitrogens with two attached hydrogens (primary N) is 1. The Morgan fingerprint density at radius 1 is 1.22 bits per heavy atom. The van der Waals surface area contributed by atoms with Gasteiger partial charge in [0.25, 0.3) is 0 Å². The molecule has 1 aromatic carbocycles. The average Bonchev–Trinajstić information content (AvgIpc) is 2.81. The molecule has 1 unspecified atom stereocenters. The Morgan fingerprint density at radius 2 is 1.91 bits per heavy atom. The normalized spacial score (nSPS) is 13.4. The first-order chi connectivity index (χ1) is 10.9. The van der Waals surface area contributed by atoms with Crippen LogP contribution in [0.3, 0.4) is 0 Å². The molecule has 0 aliphatic carbocycles. The van der Waals surface area contributed by atoms with E-state index < -0.39 is 12.1 Å². The SMILES string of the molecule is Cn1cc(C(Cc2ccccc2)C(F)(F)F)c2cc(N)cnc21. The summed E-state index contributed by atoms with van der Waals surface area (Å²) < 4.78 is 42.6. The number of aryl methyl sites for hydroxylation is 1. The van der Waals surface area contributed by atoms with E-state index in [1.54, 1.807) is 48.0 Å². The molecule has 2 aromatic heterocycles. The van der Waals surface area contributed by atoms with E-state index in [0.29, 0.717) is 22.3 Å². The highest BCUT2D eigenvalue weighted by atomic mass is 19.4. The van der Waals surface area contributed by atoms with Crippen molar-refractivity contribution in [3.63, 3.8) is 0 Å². The molecule has 120 valence electrons. The third-order valence-corrected chi connectivity index (χ3v) is 3.92.